The van der Waals surface area contributed by atoms with Crippen molar-refractivity contribution in [1.82, 2.24) is 5.32 Å². The van der Waals surface area contributed by atoms with Crippen LogP contribution in [0.15, 0.2) is 18.2 Å². The Morgan fingerprint density at radius 2 is 2.21 bits per heavy atom. The van der Waals surface area contributed by atoms with Crippen LogP contribution in [0.2, 0.25) is 0 Å². The predicted molar refractivity (Wildman–Crippen MR) is 53.5 cm³/mol. The van der Waals surface area contributed by atoms with Gasteiger partial charge in [0.15, 0.2) is 11.5 Å². The lowest BCUT2D eigenvalue weighted by Crippen LogP contribution is -2.16. The normalized spacial score (nSPS) is 12.5. The Morgan fingerprint density at radius 1 is 1.50 bits per heavy atom. The molecular weight excluding hydrogens is 182 g/mol. The molecule has 0 saturated carbocycles. The van der Waals surface area contributed by atoms with Gasteiger partial charge < -0.3 is 20.3 Å². The van der Waals surface area contributed by atoms with Gasteiger partial charge in [0.1, 0.15) is 0 Å². The summed E-state index contributed by atoms with van der Waals surface area (Å²) in [5, 5.41) is 21.8. The summed E-state index contributed by atoms with van der Waals surface area (Å²) in [4.78, 5) is 0. The van der Waals surface area contributed by atoms with E-state index in [-0.39, 0.29) is 5.75 Å². The van der Waals surface area contributed by atoms with Crippen LogP contribution < -0.4 is 10.1 Å². The molecule has 0 aliphatic carbocycles. The zero-order chi connectivity index (χ0) is 10.6. The standard InChI is InChI=1S/C10H15NO3/c1-11-6-9(13)7-3-4-8(12)10(5-7)14-2/h3-5,9,11-13H,6H2,1-2H3/t9-/m0/s1. The number of ether oxygens (including phenoxy) is 1. The maximum atomic E-state index is 9.63. The Balaban J connectivity index is 2.88. The summed E-state index contributed by atoms with van der Waals surface area (Å²) >= 11 is 0. The van der Waals surface area contributed by atoms with Gasteiger partial charge in [-0.2, -0.15) is 0 Å². The molecular formula is C10H15NO3. The minimum absolute atomic E-state index is 0.0768. The maximum Gasteiger partial charge on any atom is 0.160 e. The highest BCUT2D eigenvalue weighted by atomic mass is 16.5. The van der Waals surface area contributed by atoms with Crippen molar-refractivity contribution in [2.75, 3.05) is 20.7 Å². The quantitative estimate of drug-likeness (QED) is 0.663. The fourth-order valence-electron chi connectivity index (χ4n) is 1.21. The molecule has 0 aliphatic heterocycles. The van der Waals surface area contributed by atoms with Crippen LogP contribution in [0.3, 0.4) is 0 Å². The second-order valence-corrected chi connectivity index (χ2v) is 3.00. The van der Waals surface area contributed by atoms with Crippen molar-refractivity contribution in [2.45, 2.75) is 6.10 Å². The summed E-state index contributed by atoms with van der Waals surface area (Å²) in [5.41, 5.74) is 0.717. The minimum atomic E-state index is -0.588. The van der Waals surface area contributed by atoms with Crippen molar-refractivity contribution in [2.24, 2.45) is 0 Å². The number of aromatic hydroxyl groups is 1. The summed E-state index contributed by atoms with van der Waals surface area (Å²) in [6, 6.07) is 4.80. The monoisotopic (exact) mass is 197 g/mol. The lowest BCUT2D eigenvalue weighted by Gasteiger charge is -2.12. The number of benzene rings is 1. The SMILES string of the molecule is CNC[C@H](O)c1ccc(O)c(OC)c1. The van der Waals surface area contributed by atoms with Crippen LogP contribution in [0.4, 0.5) is 0 Å². The summed E-state index contributed by atoms with van der Waals surface area (Å²) in [6.07, 6.45) is -0.588. The van der Waals surface area contributed by atoms with Gasteiger partial charge in [-0.1, -0.05) is 6.07 Å². The number of phenolic OH excluding ortho intramolecular Hbond substituents is 1. The van der Waals surface area contributed by atoms with Gasteiger partial charge in [0.2, 0.25) is 0 Å². The van der Waals surface area contributed by atoms with E-state index in [4.69, 9.17) is 4.74 Å². The van der Waals surface area contributed by atoms with Crippen LogP contribution in [-0.2, 0) is 0 Å². The predicted octanol–water partition coefficient (Wildman–Crippen LogP) is 0.654. The number of aliphatic hydroxyl groups is 1. The first-order valence-electron chi connectivity index (χ1n) is 4.38. The van der Waals surface area contributed by atoms with E-state index in [0.29, 0.717) is 17.9 Å². The first kappa shape index (κ1) is 10.8. The van der Waals surface area contributed by atoms with Crippen LogP contribution in [-0.4, -0.2) is 30.9 Å². The van der Waals surface area contributed by atoms with Crippen LogP contribution >= 0.6 is 0 Å². The van der Waals surface area contributed by atoms with E-state index in [2.05, 4.69) is 5.32 Å². The second-order valence-electron chi connectivity index (χ2n) is 3.00. The Kier molecular flexibility index (Phi) is 3.73. The molecule has 0 fully saturated rings. The van der Waals surface area contributed by atoms with Gasteiger partial charge in [-0.3, -0.25) is 0 Å². The third-order valence-corrected chi connectivity index (χ3v) is 1.99. The molecule has 3 N–H and O–H groups in total. The third-order valence-electron chi connectivity index (χ3n) is 1.99. The second kappa shape index (κ2) is 4.83. The molecule has 0 amide bonds. The molecule has 0 aromatic heterocycles. The third kappa shape index (κ3) is 2.37. The highest BCUT2D eigenvalue weighted by Crippen LogP contribution is 2.28. The van der Waals surface area contributed by atoms with Crippen molar-refractivity contribution >= 4 is 0 Å². The Hall–Kier alpha value is -1.26. The lowest BCUT2D eigenvalue weighted by molar-refractivity contribution is 0.177. The molecule has 1 aromatic rings. The van der Waals surface area contributed by atoms with Crippen molar-refractivity contribution in [3.05, 3.63) is 23.8 Å². The number of likely N-dealkylation sites (N-methyl/N-ethyl adjacent to an activating group) is 1. The van der Waals surface area contributed by atoms with Gasteiger partial charge >= 0.3 is 0 Å². The number of rotatable bonds is 4. The van der Waals surface area contributed by atoms with Gasteiger partial charge in [0.25, 0.3) is 0 Å². The van der Waals surface area contributed by atoms with Crippen LogP contribution in [0.5, 0.6) is 11.5 Å². The number of nitrogens with one attached hydrogen (secondary N) is 1. The van der Waals surface area contributed by atoms with E-state index < -0.39 is 6.10 Å². The van der Waals surface area contributed by atoms with E-state index in [0.717, 1.165) is 0 Å². The van der Waals surface area contributed by atoms with Crippen LogP contribution in [0, 0.1) is 0 Å². The lowest BCUT2D eigenvalue weighted by atomic mass is 10.1. The van der Waals surface area contributed by atoms with E-state index in [9.17, 15) is 10.2 Å². The Bertz CT molecular complexity index is 301. The van der Waals surface area contributed by atoms with E-state index in [1.807, 2.05) is 0 Å². The van der Waals surface area contributed by atoms with Gasteiger partial charge in [0.05, 0.1) is 13.2 Å². The van der Waals surface area contributed by atoms with Gasteiger partial charge in [-0.25, -0.2) is 0 Å². The molecule has 0 unspecified atom stereocenters. The van der Waals surface area contributed by atoms with Crippen molar-refractivity contribution < 1.29 is 14.9 Å². The molecule has 0 spiro atoms. The van der Waals surface area contributed by atoms with Gasteiger partial charge in [-0.15, -0.1) is 0 Å². The molecule has 0 bridgehead atoms. The molecule has 1 rings (SSSR count). The molecule has 78 valence electrons. The minimum Gasteiger partial charge on any atom is -0.504 e. The highest BCUT2D eigenvalue weighted by Gasteiger charge is 2.09. The zero-order valence-electron chi connectivity index (χ0n) is 8.32. The number of aliphatic hydroxyl groups excluding tert-OH is 1. The molecule has 4 nitrogen and oxygen atoms in total. The molecule has 1 aromatic carbocycles. The zero-order valence-corrected chi connectivity index (χ0v) is 8.32. The first-order chi connectivity index (χ1) is 6.69. The largest absolute Gasteiger partial charge is 0.504 e. The number of hydrogen-bond donors (Lipinski definition) is 3. The Labute approximate surface area is 83.1 Å². The van der Waals surface area contributed by atoms with Gasteiger partial charge in [-0.05, 0) is 24.7 Å². The fourth-order valence-corrected chi connectivity index (χ4v) is 1.21. The summed E-state index contributed by atoms with van der Waals surface area (Å²) in [5.74, 6) is 0.450. The van der Waals surface area contributed by atoms with E-state index >= 15 is 0 Å². The van der Waals surface area contributed by atoms with Crippen molar-refractivity contribution in [3.8, 4) is 11.5 Å². The smallest absolute Gasteiger partial charge is 0.160 e. The summed E-state index contributed by atoms with van der Waals surface area (Å²) in [7, 11) is 3.24. The van der Waals surface area contributed by atoms with Crippen molar-refractivity contribution in [1.29, 1.82) is 0 Å². The molecule has 4 heteroatoms. The average molecular weight is 197 g/mol. The molecule has 0 aliphatic rings. The number of hydrogen-bond acceptors (Lipinski definition) is 4. The van der Waals surface area contributed by atoms with Gasteiger partial charge in [0, 0.05) is 6.54 Å². The summed E-state index contributed by atoms with van der Waals surface area (Å²) in [6.45, 7) is 0.466. The van der Waals surface area contributed by atoms with E-state index in [1.54, 1.807) is 19.2 Å². The molecule has 1 atom stereocenters. The number of methoxy groups -OCH3 is 1. The van der Waals surface area contributed by atoms with Crippen LogP contribution in [0.1, 0.15) is 11.7 Å². The highest BCUT2D eigenvalue weighted by molar-refractivity contribution is 5.42. The molecule has 0 heterocycles. The molecule has 0 saturated heterocycles. The molecule has 14 heavy (non-hydrogen) atoms. The average Bonchev–Trinajstić information content (AvgIpc) is 2.19. The van der Waals surface area contributed by atoms with E-state index in [1.165, 1.54) is 13.2 Å². The molecule has 0 radical (unpaired) electrons. The first-order valence-corrected chi connectivity index (χ1v) is 4.38. The van der Waals surface area contributed by atoms with Crippen LogP contribution in [0.25, 0.3) is 0 Å². The maximum absolute atomic E-state index is 9.63. The topological polar surface area (TPSA) is 61.7 Å². The fraction of sp³-hybridized carbons (Fsp3) is 0.400. The Morgan fingerprint density at radius 3 is 2.79 bits per heavy atom. The van der Waals surface area contributed by atoms with Crippen molar-refractivity contribution in [3.63, 3.8) is 0 Å². The number of phenols is 1. The summed E-state index contributed by atoms with van der Waals surface area (Å²) < 4.78 is 4.93.